The van der Waals surface area contributed by atoms with Crippen LogP contribution in [0.5, 0.6) is 0 Å². The predicted molar refractivity (Wildman–Crippen MR) is 48.9 cm³/mol. The fraction of sp³-hybridized carbons (Fsp3) is 0.200. The summed E-state index contributed by atoms with van der Waals surface area (Å²) in [6, 6.07) is 6.51. The minimum Gasteiger partial charge on any atom is -0.461 e. The Bertz CT molecular complexity index is 422. The van der Waals surface area contributed by atoms with E-state index in [-0.39, 0.29) is 5.82 Å². The van der Waals surface area contributed by atoms with Gasteiger partial charge in [-0.05, 0) is 24.7 Å². The lowest BCUT2D eigenvalue weighted by molar-refractivity contribution is 0.549. The highest BCUT2D eigenvalue weighted by atomic mass is 19.1. The number of halogens is 1. The van der Waals surface area contributed by atoms with Crippen LogP contribution in [0.2, 0.25) is 0 Å². The Morgan fingerprint density at radius 1 is 1.38 bits per heavy atom. The third kappa shape index (κ3) is 1.42. The molecule has 0 saturated heterocycles. The molecule has 0 aliphatic rings. The van der Waals surface area contributed by atoms with Crippen molar-refractivity contribution in [2.24, 2.45) is 5.73 Å². The van der Waals surface area contributed by atoms with Crippen molar-refractivity contribution >= 4 is 11.0 Å². The Labute approximate surface area is 75.1 Å². The summed E-state index contributed by atoms with van der Waals surface area (Å²) in [7, 11) is 0. The van der Waals surface area contributed by atoms with Crippen molar-refractivity contribution in [2.45, 2.75) is 6.42 Å². The van der Waals surface area contributed by atoms with Crippen LogP contribution in [0.1, 0.15) is 5.76 Å². The molecule has 2 N–H and O–H groups in total. The van der Waals surface area contributed by atoms with Gasteiger partial charge in [0.05, 0.1) is 5.39 Å². The van der Waals surface area contributed by atoms with Gasteiger partial charge in [0.15, 0.2) is 0 Å². The number of fused-ring (bicyclic) bond motifs is 1. The maximum Gasteiger partial charge on any atom is 0.137 e. The summed E-state index contributed by atoms with van der Waals surface area (Å²) in [6.45, 7) is 0.515. The zero-order valence-corrected chi connectivity index (χ0v) is 7.09. The molecule has 0 radical (unpaired) electrons. The molecule has 0 saturated carbocycles. The summed E-state index contributed by atoms with van der Waals surface area (Å²) in [4.78, 5) is 0. The monoisotopic (exact) mass is 179 g/mol. The molecule has 2 aromatic rings. The van der Waals surface area contributed by atoms with Gasteiger partial charge in [0.25, 0.3) is 0 Å². The fourth-order valence-electron chi connectivity index (χ4n) is 1.34. The Kier molecular flexibility index (Phi) is 2.02. The van der Waals surface area contributed by atoms with E-state index in [1.807, 2.05) is 0 Å². The van der Waals surface area contributed by atoms with Crippen LogP contribution in [0.3, 0.4) is 0 Å². The molecular formula is C10H10FNO. The number of rotatable bonds is 2. The van der Waals surface area contributed by atoms with Gasteiger partial charge in [-0.3, -0.25) is 0 Å². The zero-order chi connectivity index (χ0) is 9.26. The molecule has 0 aliphatic carbocycles. The SMILES string of the molecule is NCCc1cc2c(F)cccc2o1. The van der Waals surface area contributed by atoms with E-state index >= 15 is 0 Å². The smallest absolute Gasteiger partial charge is 0.137 e. The fourth-order valence-corrected chi connectivity index (χ4v) is 1.34. The van der Waals surface area contributed by atoms with Crippen LogP contribution >= 0.6 is 0 Å². The van der Waals surface area contributed by atoms with Crippen molar-refractivity contribution in [3.8, 4) is 0 Å². The zero-order valence-electron chi connectivity index (χ0n) is 7.09. The van der Waals surface area contributed by atoms with Crippen LogP contribution in [0, 0.1) is 5.82 Å². The van der Waals surface area contributed by atoms with E-state index in [1.54, 1.807) is 18.2 Å². The minimum atomic E-state index is -0.246. The third-order valence-corrected chi connectivity index (χ3v) is 1.95. The molecule has 3 heteroatoms. The van der Waals surface area contributed by atoms with Crippen molar-refractivity contribution in [2.75, 3.05) is 6.54 Å². The summed E-state index contributed by atoms with van der Waals surface area (Å²) >= 11 is 0. The second-order valence-electron chi connectivity index (χ2n) is 2.90. The molecule has 1 heterocycles. The van der Waals surface area contributed by atoms with Crippen LogP contribution in [0.25, 0.3) is 11.0 Å². The molecule has 0 unspecified atom stereocenters. The lowest BCUT2D eigenvalue weighted by Crippen LogP contribution is -2.01. The number of hydrogen-bond donors (Lipinski definition) is 1. The maximum atomic E-state index is 13.1. The highest BCUT2D eigenvalue weighted by Crippen LogP contribution is 2.21. The van der Waals surface area contributed by atoms with Crippen LogP contribution in [-0.2, 0) is 6.42 Å². The molecule has 0 fully saturated rings. The summed E-state index contributed by atoms with van der Waals surface area (Å²) < 4.78 is 18.5. The van der Waals surface area contributed by atoms with E-state index in [1.165, 1.54) is 6.07 Å². The molecule has 2 rings (SSSR count). The van der Waals surface area contributed by atoms with Gasteiger partial charge in [-0.2, -0.15) is 0 Å². The van der Waals surface area contributed by atoms with Gasteiger partial charge in [0.2, 0.25) is 0 Å². The maximum absolute atomic E-state index is 13.1. The summed E-state index contributed by atoms with van der Waals surface area (Å²) in [5.74, 6) is 0.493. The molecular weight excluding hydrogens is 169 g/mol. The first-order chi connectivity index (χ1) is 6.31. The van der Waals surface area contributed by atoms with E-state index in [0.29, 0.717) is 23.9 Å². The first kappa shape index (κ1) is 8.26. The molecule has 0 bridgehead atoms. The van der Waals surface area contributed by atoms with E-state index < -0.39 is 0 Å². The first-order valence-corrected chi connectivity index (χ1v) is 4.18. The first-order valence-electron chi connectivity index (χ1n) is 4.18. The van der Waals surface area contributed by atoms with E-state index in [9.17, 15) is 4.39 Å². The van der Waals surface area contributed by atoms with Crippen LogP contribution in [0.4, 0.5) is 4.39 Å². The number of nitrogens with two attached hydrogens (primary N) is 1. The van der Waals surface area contributed by atoms with Gasteiger partial charge < -0.3 is 10.2 Å². The molecule has 0 atom stereocenters. The Morgan fingerprint density at radius 3 is 2.92 bits per heavy atom. The van der Waals surface area contributed by atoms with Crippen molar-refractivity contribution in [3.05, 3.63) is 35.8 Å². The molecule has 0 spiro atoms. The number of benzene rings is 1. The van der Waals surface area contributed by atoms with E-state index in [2.05, 4.69) is 0 Å². The average molecular weight is 179 g/mol. The van der Waals surface area contributed by atoms with Crippen molar-refractivity contribution in [1.82, 2.24) is 0 Å². The summed E-state index contributed by atoms with van der Waals surface area (Å²) in [5, 5.41) is 0.533. The number of furan rings is 1. The Morgan fingerprint density at radius 2 is 2.23 bits per heavy atom. The standard InChI is InChI=1S/C10H10FNO/c11-9-2-1-3-10-8(9)6-7(13-10)4-5-12/h1-3,6H,4-5,12H2. The van der Waals surface area contributed by atoms with Gasteiger partial charge in [0.1, 0.15) is 17.2 Å². The lowest BCUT2D eigenvalue weighted by Gasteiger charge is -1.88. The van der Waals surface area contributed by atoms with Crippen LogP contribution in [-0.4, -0.2) is 6.54 Å². The van der Waals surface area contributed by atoms with Gasteiger partial charge in [-0.25, -0.2) is 4.39 Å². The van der Waals surface area contributed by atoms with E-state index in [4.69, 9.17) is 10.2 Å². The molecule has 0 amide bonds. The Balaban J connectivity index is 2.55. The molecule has 0 aliphatic heterocycles. The molecule has 1 aromatic heterocycles. The van der Waals surface area contributed by atoms with Crippen molar-refractivity contribution in [1.29, 1.82) is 0 Å². The van der Waals surface area contributed by atoms with Crippen molar-refractivity contribution < 1.29 is 8.81 Å². The molecule has 68 valence electrons. The van der Waals surface area contributed by atoms with Gasteiger partial charge >= 0.3 is 0 Å². The van der Waals surface area contributed by atoms with Crippen LogP contribution in [0.15, 0.2) is 28.7 Å². The highest BCUT2D eigenvalue weighted by molar-refractivity contribution is 5.78. The third-order valence-electron chi connectivity index (χ3n) is 1.95. The lowest BCUT2D eigenvalue weighted by atomic mass is 10.2. The molecule has 1 aromatic carbocycles. The number of hydrogen-bond acceptors (Lipinski definition) is 2. The van der Waals surface area contributed by atoms with E-state index in [0.717, 1.165) is 5.76 Å². The average Bonchev–Trinajstić information content (AvgIpc) is 2.49. The second kappa shape index (κ2) is 3.18. The van der Waals surface area contributed by atoms with Gasteiger partial charge in [-0.15, -0.1) is 0 Å². The topological polar surface area (TPSA) is 39.2 Å². The van der Waals surface area contributed by atoms with Gasteiger partial charge in [-0.1, -0.05) is 6.07 Å². The predicted octanol–water partition coefficient (Wildman–Crippen LogP) is 2.07. The van der Waals surface area contributed by atoms with Crippen LogP contribution < -0.4 is 5.73 Å². The minimum absolute atomic E-state index is 0.246. The quantitative estimate of drug-likeness (QED) is 0.766. The van der Waals surface area contributed by atoms with Gasteiger partial charge in [0, 0.05) is 6.42 Å². The summed E-state index contributed by atoms with van der Waals surface area (Å²) in [5.41, 5.74) is 5.95. The Hall–Kier alpha value is -1.35. The largest absolute Gasteiger partial charge is 0.461 e. The normalized spacial score (nSPS) is 10.9. The molecule has 13 heavy (non-hydrogen) atoms. The highest BCUT2D eigenvalue weighted by Gasteiger charge is 2.06. The molecule has 2 nitrogen and oxygen atoms in total. The second-order valence-corrected chi connectivity index (χ2v) is 2.90. The summed E-state index contributed by atoms with van der Waals surface area (Å²) in [6.07, 6.45) is 0.647. The van der Waals surface area contributed by atoms with Crippen molar-refractivity contribution in [3.63, 3.8) is 0 Å².